The number of hydrogen-bond acceptors (Lipinski definition) is 4. The lowest BCUT2D eigenvalue weighted by atomic mass is 9.90. The van der Waals surface area contributed by atoms with Crippen LogP contribution in [-0.4, -0.2) is 38.5 Å². The number of benzene rings is 2. The van der Waals surface area contributed by atoms with Crippen LogP contribution in [0.3, 0.4) is 0 Å². The van der Waals surface area contributed by atoms with Gasteiger partial charge in [-0.25, -0.2) is 9.00 Å². The van der Waals surface area contributed by atoms with Gasteiger partial charge in [0.2, 0.25) is 0 Å². The molecule has 0 N–H and O–H groups in total. The van der Waals surface area contributed by atoms with Crippen LogP contribution in [0, 0.1) is 5.92 Å². The molecular weight excluding hydrogens is 360 g/mol. The van der Waals surface area contributed by atoms with E-state index in [-0.39, 0.29) is 0 Å². The molecule has 1 atom stereocenters. The zero-order chi connectivity index (χ0) is 18.6. The molecule has 2 heterocycles. The number of rotatable bonds is 6. The highest BCUT2D eigenvalue weighted by molar-refractivity contribution is 7.83. The van der Waals surface area contributed by atoms with Crippen molar-refractivity contribution in [3.05, 3.63) is 70.7 Å². The number of fused-ring (bicyclic) bond motifs is 1. The Morgan fingerprint density at radius 3 is 2.48 bits per heavy atom. The summed E-state index contributed by atoms with van der Waals surface area (Å²) in [4.78, 5) is 14.4. The molecule has 0 spiro atoms. The molecule has 0 amide bonds. The Labute approximate surface area is 161 Å². The van der Waals surface area contributed by atoms with Gasteiger partial charge in [0.05, 0.1) is 5.75 Å². The van der Waals surface area contributed by atoms with E-state index in [1.165, 1.54) is 9.54 Å². The minimum atomic E-state index is -1.41. The molecule has 1 saturated heterocycles. The summed E-state index contributed by atoms with van der Waals surface area (Å²) in [6.07, 6.45) is 3.46. The summed E-state index contributed by atoms with van der Waals surface area (Å²) in [6, 6.07) is 17.8. The van der Waals surface area contributed by atoms with Crippen molar-refractivity contribution in [1.29, 1.82) is 0 Å². The van der Waals surface area contributed by atoms with E-state index < -0.39 is 16.7 Å². The molecule has 3 aromatic rings. The third-order valence-corrected chi connectivity index (χ3v) is 6.59. The van der Waals surface area contributed by atoms with Gasteiger partial charge in [-0.1, -0.05) is 42.5 Å². The van der Waals surface area contributed by atoms with Crippen LogP contribution in [0.5, 0.6) is 0 Å². The molecule has 1 aromatic heterocycles. The van der Waals surface area contributed by atoms with Gasteiger partial charge >= 0.3 is 5.76 Å². The number of hydrogen-bond donors (Lipinski definition) is 0. The number of likely N-dealkylation sites (tertiary alicyclic amines) is 1. The van der Waals surface area contributed by atoms with Gasteiger partial charge in [-0.15, -0.1) is 0 Å². The second-order valence-corrected chi connectivity index (χ2v) is 8.55. The van der Waals surface area contributed by atoms with E-state index in [1.807, 2.05) is 6.07 Å². The second-order valence-electron chi connectivity index (χ2n) is 7.13. The maximum absolute atomic E-state index is 12.7. The Kier molecular flexibility index (Phi) is 5.55. The number of oxazole rings is 1. The summed E-state index contributed by atoms with van der Waals surface area (Å²) in [6.45, 7) is 2.78. The maximum atomic E-state index is 12.7. The lowest BCUT2D eigenvalue weighted by molar-refractivity contribution is 0.193. The summed E-state index contributed by atoms with van der Waals surface area (Å²) in [5.74, 6) is 0.609. The molecule has 0 saturated carbocycles. The zero-order valence-electron chi connectivity index (χ0n) is 15.3. The first-order valence-corrected chi connectivity index (χ1v) is 10.7. The summed E-state index contributed by atoms with van der Waals surface area (Å²) in [5.41, 5.74) is 2.49. The average molecular weight is 385 g/mol. The molecular formula is C21H24N2O3S. The van der Waals surface area contributed by atoms with Crippen LogP contribution in [0.1, 0.15) is 18.4 Å². The molecule has 1 fully saturated rings. The predicted octanol–water partition coefficient (Wildman–Crippen LogP) is 3.06. The third kappa shape index (κ3) is 4.22. The highest BCUT2D eigenvalue weighted by Gasteiger charge is 2.21. The lowest BCUT2D eigenvalue weighted by Crippen LogP contribution is -2.37. The van der Waals surface area contributed by atoms with E-state index in [1.54, 1.807) is 18.2 Å². The molecule has 5 nitrogen and oxygen atoms in total. The largest absolute Gasteiger partial charge is 0.432 e. The van der Waals surface area contributed by atoms with Gasteiger partial charge in [0.25, 0.3) is 0 Å². The third-order valence-electron chi connectivity index (χ3n) is 5.31. The van der Waals surface area contributed by atoms with Gasteiger partial charge in [0.1, 0.15) is 16.5 Å². The van der Waals surface area contributed by atoms with Crippen LogP contribution in [0.2, 0.25) is 0 Å². The molecule has 1 unspecified atom stereocenters. The first-order chi connectivity index (χ1) is 13.2. The van der Waals surface area contributed by atoms with E-state index in [9.17, 15) is 9.00 Å². The van der Waals surface area contributed by atoms with Crippen molar-refractivity contribution < 1.29 is 8.63 Å². The minimum absolute atomic E-state index is 0.437. The molecule has 6 heteroatoms. The first-order valence-electron chi connectivity index (χ1n) is 9.46. The van der Waals surface area contributed by atoms with Gasteiger partial charge in [0.15, 0.2) is 5.58 Å². The van der Waals surface area contributed by atoms with Crippen LogP contribution < -0.4 is 5.76 Å². The molecule has 2 aromatic carbocycles. The van der Waals surface area contributed by atoms with E-state index in [0.717, 1.165) is 44.8 Å². The fourth-order valence-electron chi connectivity index (χ4n) is 3.80. The van der Waals surface area contributed by atoms with E-state index in [0.29, 0.717) is 16.9 Å². The first kappa shape index (κ1) is 18.2. The quantitative estimate of drug-likeness (QED) is 0.655. The highest BCUT2D eigenvalue weighted by atomic mass is 32.2. The van der Waals surface area contributed by atoms with Crippen molar-refractivity contribution in [2.24, 2.45) is 5.92 Å². The van der Waals surface area contributed by atoms with Crippen molar-refractivity contribution in [1.82, 2.24) is 8.87 Å². The van der Waals surface area contributed by atoms with Crippen molar-refractivity contribution in [2.45, 2.75) is 19.3 Å². The topological polar surface area (TPSA) is 55.5 Å². The van der Waals surface area contributed by atoms with Crippen LogP contribution in [0.25, 0.3) is 11.1 Å². The fraction of sp³-hybridized carbons (Fsp3) is 0.381. The van der Waals surface area contributed by atoms with Crippen molar-refractivity contribution in [3.8, 4) is 0 Å². The summed E-state index contributed by atoms with van der Waals surface area (Å²) >= 11 is 0. The molecule has 4 rings (SSSR count). The lowest BCUT2D eigenvalue weighted by Gasteiger charge is -2.31. The number of para-hydroxylation sites is 2. The monoisotopic (exact) mass is 384 g/mol. The smallest absolute Gasteiger partial charge is 0.407 e. The zero-order valence-corrected chi connectivity index (χ0v) is 16.1. The minimum Gasteiger partial charge on any atom is -0.407 e. The number of piperidine rings is 1. The van der Waals surface area contributed by atoms with E-state index in [2.05, 4.69) is 35.2 Å². The van der Waals surface area contributed by atoms with Crippen LogP contribution in [0.4, 0.5) is 0 Å². The van der Waals surface area contributed by atoms with Gasteiger partial charge < -0.3 is 9.32 Å². The normalized spacial score (nSPS) is 17.3. The average Bonchev–Trinajstić information content (AvgIpc) is 3.04. The highest BCUT2D eigenvalue weighted by Crippen LogP contribution is 2.21. The molecule has 0 bridgehead atoms. The van der Waals surface area contributed by atoms with Gasteiger partial charge in [-0.2, -0.15) is 3.97 Å². The maximum Gasteiger partial charge on any atom is 0.432 e. The number of nitrogens with zero attached hydrogens (tertiary/aromatic N) is 2. The van der Waals surface area contributed by atoms with Crippen molar-refractivity contribution in [2.75, 3.05) is 25.4 Å². The van der Waals surface area contributed by atoms with E-state index >= 15 is 0 Å². The van der Waals surface area contributed by atoms with Crippen LogP contribution >= 0.6 is 0 Å². The molecule has 142 valence electrons. The van der Waals surface area contributed by atoms with Gasteiger partial charge in [0, 0.05) is 6.54 Å². The summed E-state index contributed by atoms with van der Waals surface area (Å²) < 4.78 is 19.1. The van der Waals surface area contributed by atoms with E-state index in [4.69, 9.17) is 4.42 Å². The standard InChI is InChI=1S/C21H24N2O3S/c24-21-23(19-8-4-5-9-20(19)26-21)27(25)15-14-22-12-10-18(11-13-22)16-17-6-2-1-3-7-17/h1-9,18H,10-16H2. The number of aromatic nitrogens is 1. The fourth-order valence-corrected chi connectivity index (χ4v) is 4.97. The second kappa shape index (κ2) is 8.23. The Morgan fingerprint density at radius 2 is 1.70 bits per heavy atom. The summed E-state index contributed by atoms with van der Waals surface area (Å²) in [7, 11) is -1.41. The van der Waals surface area contributed by atoms with Crippen LogP contribution in [0.15, 0.2) is 63.8 Å². The van der Waals surface area contributed by atoms with Gasteiger partial charge in [-0.05, 0) is 56.0 Å². The molecule has 27 heavy (non-hydrogen) atoms. The summed E-state index contributed by atoms with van der Waals surface area (Å²) in [5, 5.41) is 0. The SMILES string of the molecule is O=c1oc2ccccc2n1S(=O)CCN1CCC(Cc2ccccc2)CC1. The Bertz CT molecular complexity index is 972. The van der Waals surface area contributed by atoms with Crippen LogP contribution in [-0.2, 0) is 17.4 Å². The Balaban J connectivity index is 1.30. The molecule has 0 radical (unpaired) electrons. The molecule has 1 aliphatic rings. The Morgan fingerprint density at radius 1 is 1.00 bits per heavy atom. The van der Waals surface area contributed by atoms with Crippen molar-refractivity contribution in [3.63, 3.8) is 0 Å². The van der Waals surface area contributed by atoms with Gasteiger partial charge in [-0.3, -0.25) is 0 Å². The molecule has 0 aliphatic carbocycles. The Hall–Kier alpha value is -2.18. The molecule has 1 aliphatic heterocycles. The predicted molar refractivity (Wildman–Crippen MR) is 108 cm³/mol. The van der Waals surface area contributed by atoms with Crippen molar-refractivity contribution >= 4 is 22.1 Å².